The van der Waals surface area contributed by atoms with Crippen LogP contribution >= 0.6 is 0 Å². The molecule has 1 aromatic rings. The van der Waals surface area contributed by atoms with E-state index in [4.69, 9.17) is 4.74 Å². The molecule has 1 aliphatic heterocycles. The minimum Gasteiger partial charge on any atom is -0.444 e. The highest BCUT2D eigenvalue weighted by Gasteiger charge is 2.31. The van der Waals surface area contributed by atoms with Gasteiger partial charge in [0, 0.05) is 31.9 Å². The van der Waals surface area contributed by atoms with Crippen LogP contribution in [0.5, 0.6) is 0 Å². The summed E-state index contributed by atoms with van der Waals surface area (Å²) in [6, 6.07) is 10.6. The maximum Gasteiger partial charge on any atom is 0.410 e. The Balaban J connectivity index is 1.94. The quantitative estimate of drug-likeness (QED) is 0.832. The second kappa shape index (κ2) is 5.73. The number of likely N-dealkylation sites (N-methyl/N-ethyl adjacent to an activating group) is 1. The number of rotatable bonds is 2. The fourth-order valence-electron chi connectivity index (χ4n) is 2.42. The molecule has 0 aromatic heterocycles. The molecule has 1 aliphatic rings. The number of nitrogens with zero attached hydrogens (tertiary/aromatic N) is 2. The summed E-state index contributed by atoms with van der Waals surface area (Å²) in [5.74, 6) is 0. The van der Waals surface area contributed by atoms with Gasteiger partial charge in [-0.15, -0.1) is 0 Å². The second-order valence-corrected chi connectivity index (χ2v) is 6.32. The molecule has 1 amide bonds. The van der Waals surface area contributed by atoms with Gasteiger partial charge in [-0.25, -0.2) is 4.79 Å². The van der Waals surface area contributed by atoms with Crippen molar-refractivity contribution in [3.63, 3.8) is 0 Å². The number of para-hydroxylation sites is 1. The molecule has 0 aliphatic carbocycles. The first-order valence-corrected chi connectivity index (χ1v) is 7.12. The first-order valence-electron chi connectivity index (χ1n) is 7.12. The average Bonchev–Trinajstić information content (AvgIpc) is 2.86. The average molecular weight is 276 g/mol. The number of carbonyl (C=O) groups is 1. The Morgan fingerprint density at radius 2 is 1.95 bits per heavy atom. The van der Waals surface area contributed by atoms with Crippen LogP contribution in [-0.4, -0.2) is 42.8 Å². The Labute approximate surface area is 121 Å². The lowest BCUT2D eigenvalue weighted by Gasteiger charge is -2.28. The summed E-state index contributed by atoms with van der Waals surface area (Å²) in [4.78, 5) is 16.1. The Morgan fingerprint density at radius 1 is 1.30 bits per heavy atom. The van der Waals surface area contributed by atoms with Crippen molar-refractivity contribution in [2.45, 2.75) is 38.8 Å². The van der Waals surface area contributed by atoms with E-state index < -0.39 is 5.60 Å². The zero-order valence-corrected chi connectivity index (χ0v) is 12.8. The molecule has 1 aromatic carbocycles. The van der Waals surface area contributed by atoms with E-state index in [0.717, 1.165) is 19.5 Å². The van der Waals surface area contributed by atoms with Crippen LogP contribution in [-0.2, 0) is 4.74 Å². The van der Waals surface area contributed by atoms with E-state index in [2.05, 4.69) is 24.1 Å². The molecule has 0 spiro atoms. The Bertz CT molecular complexity index is 453. The normalized spacial score (nSPS) is 19.0. The summed E-state index contributed by atoms with van der Waals surface area (Å²) >= 11 is 0. The molecular weight excluding hydrogens is 252 g/mol. The highest BCUT2D eigenvalue weighted by atomic mass is 16.6. The van der Waals surface area contributed by atoms with Crippen molar-refractivity contribution in [2.24, 2.45) is 0 Å². The van der Waals surface area contributed by atoms with Gasteiger partial charge in [-0.2, -0.15) is 0 Å². The molecule has 0 saturated carbocycles. The first kappa shape index (κ1) is 14.7. The topological polar surface area (TPSA) is 32.8 Å². The highest BCUT2D eigenvalue weighted by Crippen LogP contribution is 2.22. The van der Waals surface area contributed by atoms with E-state index in [1.54, 1.807) is 4.90 Å². The monoisotopic (exact) mass is 276 g/mol. The number of amides is 1. The van der Waals surface area contributed by atoms with Gasteiger partial charge in [0.15, 0.2) is 0 Å². The van der Waals surface area contributed by atoms with E-state index in [9.17, 15) is 4.79 Å². The Hall–Kier alpha value is -1.71. The molecule has 0 N–H and O–H groups in total. The molecule has 1 heterocycles. The molecule has 4 nitrogen and oxygen atoms in total. The predicted octanol–water partition coefficient (Wildman–Crippen LogP) is 3.13. The zero-order chi connectivity index (χ0) is 14.8. The van der Waals surface area contributed by atoms with Gasteiger partial charge < -0.3 is 14.5 Å². The third-order valence-corrected chi connectivity index (χ3v) is 3.53. The highest BCUT2D eigenvalue weighted by molar-refractivity contribution is 5.68. The predicted molar refractivity (Wildman–Crippen MR) is 81.1 cm³/mol. The minimum absolute atomic E-state index is 0.207. The smallest absolute Gasteiger partial charge is 0.410 e. The van der Waals surface area contributed by atoms with Crippen LogP contribution in [0.15, 0.2) is 30.3 Å². The van der Waals surface area contributed by atoms with Crippen molar-refractivity contribution in [3.05, 3.63) is 30.3 Å². The minimum atomic E-state index is -0.430. The van der Waals surface area contributed by atoms with Crippen molar-refractivity contribution in [1.29, 1.82) is 0 Å². The van der Waals surface area contributed by atoms with Crippen molar-refractivity contribution in [1.82, 2.24) is 4.90 Å². The van der Waals surface area contributed by atoms with Gasteiger partial charge in [0.25, 0.3) is 0 Å². The molecule has 1 unspecified atom stereocenters. The summed E-state index contributed by atoms with van der Waals surface area (Å²) in [6.07, 6.45) is 0.770. The second-order valence-electron chi connectivity index (χ2n) is 6.32. The molecule has 1 atom stereocenters. The largest absolute Gasteiger partial charge is 0.444 e. The van der Waals surface area contributed by atoms with Crippen molar-refractivity contribution < 1.29 is 9.53 Å². The standard InChI is InChI=1S/C16H24N2O2/c1-16(2,3)20-15(19)18-11-10-14(12-18)17(4)13-8-6-5-7-9-13/h5-9,14H,10-12H2,1-4H3. The van der Waals surface area contributed by atoms with E-state index in [0.29, 0.717) is 6.04 Å². The lowest BCUT2D eigenvalue weighted by molar-refractivity contribution is 0.0292. The lowest BCUT2D eigenvalue weighted by atomic mass is 10.2. The molecular formula is C16H24N2O2. The van der Waals surface area contributed by atoms with Crippen LogP contribution in [0.3, 0.4) is 0 Å². The molecule has 110 valence electrons. The molecule has 4 heteroatoms. The third kappa shape index (κ3) is 3.65. The number of benzene rings is 1. The Kier molecular flexibility index (Phi) is 4.21. The van der Waals surface area contributed by atoms with Gasteiger partial charge in [-0.05, 0) is 39.3 Å². The summed E-state index contributed by atoms with van der Waals surface area (Å²) < 4.78 is 5.42. The van der Waals surface area contributed by atoms with Crippen LogP contribution < -0.4 is 4.90 Å². The van der Waals surface area contributed by atoms with Crippen LogP contribution in [0.2, 0.25) is 0 Å². The van der Waals surface area contributed by atoms with Gasteiger partial charge in [0.05, 0.1) is 0 Å². The van der Waals surface area contributed by atoms with Crippen molar-refractivity contribution in [3.8, 4) is 0 Å². The summed E-state index contributed by atoms with van der Waals surface area (Å²) in [5, 5.41) is 0. The third-order valence-electron chi connectivity index (χ3n) is 3.53. The number of likely N-dealkylation sites (tertiary alicyclic amines) is 1. The van der Waals surface area contributed by atoms with E-state index in [1.807, 2.05) is 39.0 Å². The SMILES string of the molecule is CN(c1ccccc1)C1CCN(C(=O)OC(C)(C)C)C1. The van der Waals surface area contributed by atoms with Gasteiger partial charge in [-0.3, -0.25) is 0 Å². The summed E-state index contributed by atoms with van der Waals surface area (Å²) in [7, 11) is 2.08. The van der Waals surface area contributed by atoms with E-state index in [1.165, 1.54) is 5.69 Å². The van der Waals surface area contributed by atoms with Crippen LogP contribution in [0.1, 0.15) is 27.2 Å². The van der Waals surface area contributed by atoms with Gasteiger partial charge >= 0.3 is 6.09 Å². The number of hydrogen-bond acceptors (Lipinski definition) is 3. The molecule has 2 rings (SSSR count). The molecule has 1 saturated heterocycles. The molecule has 20 heavy (non-hydrogen) atoms. The fraction of sp³-hybridized carbons (Fsp3) is 0.562. The zero-order valence-electron chi connectivity index (χ0n) is 12.8. The van der Waals surface area contributed by atoms with Crippen molar-refractivity contribution >= 4 is 11.8 Å². The fourth-order valence-corrected chi connectivity index (χ4v) is 2.42. The summed E-state index contributed by atoms with van der Waals surface area (Å²) in [5.41, 5.74) is 0.754. The van der Waals surface area contributed by atoms with Crippen LogP contribution in [0.4, 0.5) is 10.5 Å². The molecule has 1 fully saturated rings. The van der Waals surface area contributed by atoms with Crippen LogP contribution in [0.25, 0.3) is 0 Å². The summed E-state index contributed by atoms with van der Waals surface area (Å²) in [6.45, 7) is 7.18. The Morgan fingerprint density at radius 3 is 2.55 bits per heavy atom. The van der Waals surface area contributed by atoms with Crippen LogP contribution in [0, 0.1) is 0 Å². The van der Waals surface area contributed by atoms with Gasteiger partial charge in [-0.1, -0.05) is 18.2 Å². The number of carbonyl (C=O) groups excluding carboxylic acids is 1. The maximum atomic E-state index is 12.1. The van der Waals surface area contributed by atoms with E-state index >= 15 is 0 Å². The lowest BCUT2D eigenvalue weighted by Crippen LogP contribution is -2.39. The van der Waals surface area contributed by atoms with Gasteiger partial charge in [0.2, 0.25) is 0 Å². The maximum absolute atomic E-state index is 12.1. The van der Waals surface area contributed by atoms with Gasteiger partial charge in [0.1, 0.15) is 5.60 Å². The van der Waals surface area contributed by atoms with Crippen molar-refractivity contribution in [2.75, 3.05) is 25.0 Å². The van der Waals surface area contributed by atoms with E-state index in [-0.39, 0.29) is 6.09 Å². The first-order chi connectivity index (χ1) is 9.37. The molecule has 0 bridgehead atoms. The number of hydrogen-bond donors (Lipinski definition) is 0. The molecule has 0 radical (unpaired) electrons. The number of anilines is 1. The number of ether oxygens (including phenoxy) is 1.